The molecule has 1 saturated carbocycles. The highest BCUT2D eigenvalue weighted by molar-refractivity contribution is 5.85. The van der Waals surface area contributed by atoms with E-state index in [1.54, 1.807) is 7.11 Å². The smallest absolute Gasteiger partial charge is 0.220 e. The standard InChI is InChI=1S/C19H30N2O3.ClH/c1-23-11-12-24-17-7-5-16(6-8-17)14-21-18(22)13-19(15-20)9-3-2-4-10-19;/h5-8H,2-4,9-15,20H2,1H3,(H,21,22);1H. The van der Waals surface area contributed by atoms with Crippen LogP contribution in [0.3, 0.4) is 0 Å². The van der Waals surface area contributed by atoms with Crippen molar-refractivity contribution in [3.05, 3.63) is 29.8 Å². The minimum atomic E-state index is 0. The maximum absolute atomic E-state index is 12.3. The number of methoxy groups -OCH3 is 1. The lowest BCUT2D eigenvalue weighted by Crippen LogP contribution is -2.38. The van der Waals surface area contributed by atoms with Crippen molar-refractivity contribution in [3.8, 4) is 5.75 Å². The van der Waals surface area contributed by atoms with Crippen LogP contribution in [0.25, 0.3) is 0 Å². The van der Waals surface area contributed by atoms with Crippen LogP contribution in [0.2, 0.25) is 0 Å². The van der Waals surface area contributed by atoms with Gasteiger partial charge in [-0.15, -0.1) is 12.4 Å². The fourth-order valence-electron chi connectivity index (χ4n) is 3.30. The highest BCUT2D eigenvalue weighted by Crippen LogP contribution is 2.38. The number of ether oxygens (including phenoxy) is 2. The Morgan fingerprint density at radius 1 is 1.16 bits per heavy atom. The Kier molecular flexibility index (Phi) is 9.86. The minimum absolute atomic E-state index is 0. The number of amides is 1. The first-order chi connectivity index (χ1) is 11.7. The summed E-state index contributed by atoms with van der Waals surface area (Å²) in [6.45, 7) is 2.25. The van der Waals surface area contributed by atoms with Crippen LogP contribution in [0.1, 0.15) is 44.1 Å². The zero-order valence-corrected chi connectivity index (χ0v) is 15.9. The van der Waals surface area contributed by atoms with Crippen LogP contribution in [0.15, 0.2) is 24.3 Å². The molecule has 0 heterocycles. The summed E-state index contributed by atoms with van der Waals surface area (Å²) < 4.78 is 10.5. The molecule has 1 aromatic rings. The summed E-state index contributed by atoms with van der Waals surface area (Å²) in [4.78, 5) is 12.3. The third-order valence-corrected chi connectivity index (χ3v) is 4.85. The number of carbonyl (C=O) groups excluding carboxylic acids is 1. The number of hydrogen-bond donors (Lipinski definition) is 2. The fraction of sp³-hybridized carbons (Fsp3) is 0.632. The van der Waals surface area contributed by atoms with E-state index in [1.165, 1.54) is 19.3 Å². The Morgan fingerprint density at radius 2 is 1.84 bits per heavy atom. The Hall–Kier alpha value is -1.30. The van der Waals surface area contributed by atoms with Crippen LogP contribution in [0.4, 0.5) is 0 Å². The largest absolute Gasteiger partial charge is 0.491 e. The molecule has 1 aliphatic rings. The third-order valence-electron chi connectivity index (χ3n) is 4.85. The van der Waals surface area contributed by atoms with Crippen molar-refractivity contribution in [1.82, 2.24) is 5.32 Å². The van der Waals surface area contributed by atoms with Crippen molar-refractivity contribution in [2.45, 2.75) is 45.1 Å². The van der Waals surface area contributed by atoms with Crippen LogP contribution in [-0.2, 0) is 16.1 Å². The van der Waals surface area contributed by atoms with Gasteiger partial charge in [0.25, 0.3) is 0 Å². The third kappa shape index (κ3) is 7.22. The summed E-state index contributed by atoms with van der Waals surface area (Å²) >= 11 is 0. The molecule has 0 radical (unpaired) electrons. The van der Waals surface area contributed by atoms with Crippen molar-refractivity contribution >= 4 is 18.3 Å². The number of carbonyl (C=O) groups is 1. The first kappa shape index (κ1) is 21.7. The first-order valence-electron chi connectivity index (χ1n) is 8.85. The van der Waals surface area contributed by atoms with Gasteiger partial charge in [-0.05, 0) is 42.5 Å². The normalized spacial score (nSPS) is 15.9. The molecule has 5 nitrogen and oxygen atoms in total. The van der Waals surface area contributed by atoms with E-state index in [2.05, 4.69) is 5.32 Å². The molecule has 142 valence electrons. The van der Waals surface area contributed by atoms with Crippen LogP contribution < -0.4 is 15.8 Å². The number of halogens is 1. The van der Waals surface area contributed by atoms with Gasteiger partial charge in [-0.3, -0.25) is 4.79 Å². The summed E-state index contributed by atoms with van der Waals surface area (Å²) in [5, 5.41) is 3.02. The number of rotatable bonds is 9. The quantitative estimate of drug-likeness (QED) is 0.655. The molecule has 6 heteroatoms. The molecule has 1 fully saturated rings. The van der Waals surface area contributed by atoms with Crippen molar-refractivity contribution in [2.75, 3.05) is 26.9 Å². The van der Waals surface area contributed by atoms with Crippen molar-refractivity contribution < 1.29 is 14.3 Å². The van der Waals surface area contributed by atoms with E-state index in [0.717, 1.165) is 24.2 Å². The van der Waals surface area contributed by atoms with Gasteiger partial charge in [-0.2, -0.15) is 0 Å². The van der Waals surface area contributed by atoms with Gasteiger partial charge in [0.2, 0.25) is 5.91 Å². The molecule has 0 aliphatic heterocycles. The van der Waals surface area contributed by atoms with Crippen LogP contribution in [0, 0.1) is 5.41 Å². The van der Waals surface area contributed by atoms with E-state index in [4.69, 9.17) is 15.2 Å². The molecule has 1 aromatic carbocycles. The molecule has 1 amide bonds. The average molecular weight is 371 g/mol. The molecule has 0 bridgehead atoms. The van der Waals surface area contributed by atoms with E-state index in [9.17, 15) is 4.79 Å². The number of nitrogens with two attached hydrogens (primary N) is 1. The second kappa shape index (κ2) is 11.3. The minimum Gasteiger partial charge on any atom is -0.491 e. The lowest BCUT2D eigenvalue weighted by molar-refractivity contribution is -0.124. The lowest BCUT2D eigenvalue weighted by atomic mass is 9.71. The molecule has 1 aliphatic carbocycles. The zero-order chi connectivity index (χ0) is 17.3. The first-order valence-corrected chi connectivity index (χ1v) is 8.85. The SMILES string of the molecule is COCCOc1ccc(CNC(=O)CC2(CN)CCCCC2)cc1.Cl. The fourth-order valence-corrected chi connectivity index (χ4v) is 3.30. The van der Waals surface area contributed by atoms with Crippen molar-refractivity contribution in [2.24, 2.45) is 11.1 Å². The van der Waals surface area contributed by atoms with E-state index in [1.807, 2.05) is 24.3 Å². The van der Waals surface area contributed by atoms with E-state index < -0.39 is 0 Å². The highest BCUT2D eigenvalue weighted by atomic mass is 35.5. The predicted octanol–water partition coefficient (Wildman–Crippen LogP) is 3.05. The van der Waals surface area contributed by atoms with Gasteiger partial charge in [-0.1, -0.05) is 31.4 Å². The summed E-state index contributed by atoms with van der Waals surface area (Å²) in [6.07, 6.45) is 6.34. The van der Waals surface area contributed by atoms with Gasteiger partial charge < -0.3 is 20.5 Å². The molecule has 0 atom stereocenters. The maximum atomic E-state index is 12.3. The predicted molar refractivity (Wildman–Crippen MR) is 102 cm³/mol. The molecule has 0 saturated heterocycles. The summed E-state index contributed by atoms with van der Waals surface area (Å²) in [6, 6.07) is 7.78. The second-order valence-electron chi connectivity index (χ2n) is 6.70. The molecule has 0 spiro atoms. The van der Waals surface area contributed by atoms with Gasteiger partial charge in [0, 0.05) is 20.1 Å². The van der Waals surface area contributed by atoms with Crippen LogP contribution in [-0.4, -0.2) is 32.8 Å². The monoisotopic (exact) mass is 370 g/mol. The lowest BCUT2D eigenvalue weighted by Gasteiger charge is -2.35. The Labute approximate surface area is 157 Å². The summed E-state index contributed by atoms with van der Waals surface area (Å²) in [5.74, 6) is 0.911. The van der Waals surface area contributed by atoms with Crippen LogP contribution in [0.5, 0.6) is 5.75 Å². The molecular formula is C19H31ClN2O3. The molecule has 3 N–H and O–H groups in total. The number of hydrogen-bond acceptors (Lipinski definition) is 4. The van der Waals surface area contributed by atoms with E-state index >= 15 is 0 Å². The average Bonchev–Trinajstić information content (AvgIpc) is 2.62. The topological polar surface area (TPSA) is 73.6 Å². The second-order valence-corrected chi connectivity index (χ2v) is 6.70. The molecule has 0 aromatic heterocycles. The Balaban J connectivity index is 0.00000312. The van der Waals surface area contributed by atoms with E-state index in [-0.39, 0.29) is 23.7 Å². The maximum Gasteiger partial charge on any atom is 0.220 e. The van der Waals surface area contributed by atoms with Crippen molar-refractivity contribution in [1.29, 1.82) is 0 Å². The van der Waals surface area contributed by atoms with Gasteiger partial charge in [-0.25, -0.2) is 0 Å². The summed E-state index contributed by atoms with van der Waals surface area (Å²) in [5.41, 5.74) is 7.04. The Morgan fingerprint density at radius 3 is 2.44 bits per heavy atom. The number of nitrogens with one attached hydrogen (secondary N) is 1. The molecule has 2 rings (SSSR count). The van der Waals surface area contributed by atoms with Gasteiger partial charge in [0.15, 0.2) is 0 Å². The highest BCUT2D eigenvalue weighted by Gasteiger charge is 2.32. The molecule has 0 unspecified atom stereocenters. The van der Waals surface area contributed by atoms with Gasteiger partial charge in [0.05, 0.1) is 6.61 Å². The van der Waals surface area contributed by atoms with Crippen molar-refractivity contribution in [3.63, 3.8) is 0 Å². The Bertz CT molecular complexity index is 502. The molecular weight excluding hydrogens is 340 g/mol. The van der Waals surface area contributed by atoms with Gasteiger partial charge >= 0.3 is 0 Å². The zero-order valence-electron chi connectivity index (χ0n) is 15.1. The van der Waals surface area contributed by atoms with E-state index in [0.29, 0.717) is 32.7 Å². The van der Waals surface area contributed by atoms with Gasteiger partial charge in [0.1, 0.15) is 12.4 Å². The number of benzene rings is 1. The summed E-state index contributed by atoms with van der Waals surface area (Å²) in [7, 11) is 1.65. The van der Waals surface area contributed by atoms with Crippen LogP contribution >= 0.6 is 12.4 Å². The molecule has 25 heavy (non-hydrogen) atoms.